The maximum Gasteiger partial charge on any atom is 0.387 e. The van der Waals surface area contributed by atoms with Gasteiger partial charge >= 0.3 is 6.61 Å². The summed E-state index contributed by atoms with van der Waals surface area (Å²) in [4.78, 5) is 0. The summed E-state index contributed by atoms with van der Waals surface area (Å²) >= 11 is 0. The molecule has 6 heteroatoms. The van der Waals surface area contributed by atoms with Crippen molar-refractivity contribution < 1.29 is 23.0 Å². The van der Waals surface area contributed by atoms with Crippen LogP contribution in [0.4, 0.5) is 8.78 Å². The first-order valence-electron chi connectivity index (χ1n) is 6.84. The van der Waals surface area contributed by atoms with Gasteiger partial charge in [0.1, 0.15) is 0 Å². The zero-order chi connectivity index (χ0) is 15.9. The summed E-state index contributed by atoms with van der Waals surface area (Å²) < 4.78 is 39.7. The summed E-state index contributed by atoms with van der Waals surface area (Å²) in [5.74, 6) is 0.324. The average Bonchev–Trinajstić information content (AvgIpc) is 2.38. The minimum absolute atomic E-state index is 0.0378. The highest BCUT2D eigenvalue weighted by Crippen LogP contribution is 2.29. The van der Waals surface area contributed by atoms with Crippen molar-refractivity contribution in [2.75, 3.05) is 20.3 Å². The van der Waals surface area contributed by atoms with E-state index in [2.05, 4.69) is 10.1 Å². The van der Waals surface area contributed by atoms with Crippen molar-refractivity contribution in [3.8, 4) is 11.5 Å². The number of ether oxygens (including phenoxy) is 3. The molecular formula is C15H23F2NO3. The molecule has 21 heavy (non-hydrogen) atoms. The molecule has 1 N–H and O–H groups in total. The highest BCUT2D eigenvalue weighted by molar-refractivity contribution is 5.42. The average molecular weight is 303 g/mol. The van der Waals surface area contributed by atoms with E-state index in [1.165, 1.54) is 7.11 Å². The molecule has 0 fully saturated rings. The van der Waals surface area contributed by atoms with Crippen LogP contribution >= 0.6 is 0 Å². The molecule has 4 nitrogen and oxygen atoms in total. The molecule has 0 saturated heterocycles. The largest absolute Gasteiger partial charge is 0.493 e. The number of hydrogen-bond donors (Lipinski definition) is 1. The Kier molecular flexibility index (Phi) is 6.84. The quantitative estimate of drug-likeness (QED) is 0.760. The SMILES string of the molecule is CCOC(C)(C)CNCc1ccc(OC)c(OC(F)F)c1. The molecule has 1 aromatic rings. The summed E-state index contributed by atoms with van der Waals surface area (Å²) in [6, 6.07) is 4.96. The molecule has 1 rings (SSSR count). The maximum atomic E-state index is 12.4. The predicted molar refractivity (Wildman–Crippen MR) is 77.0 cm³/mol. The molecule has 0 aliphatic carbocycles. The third-order valence-corrected chi connectivity index (χ3v) is 2.86. The molecule has 0 radical (unpaired) electrons. The van der Waals surface area contributed by atoms with Crippen LogP contribution in [0.25, 0.3) is 0 Å². The van der Waals surface area contributed by atoms with Crippen molar-refractivity contribution in [1.29, 1.82) is 0 Å². The van der Waals surface area contributed by atoms with Gasteiger partial charge in [-0.15, -0.1) is 0 Å². The van der Waals surface area contributed by atoms with Gasteiger partial charge in [0, 0.05) is 19.7 Å². The third kappa shape index (κ3) is 6.27. The zero-order valence-electron chi connectivity index (χ0n) is 12.9. The Bertz CT molecular complexity index is 439. The van der Waals surface area contributed by atoms with Crippen LogP contribution in [0.1, 0.15) is 26.3 Å². The van der Waals surface area contributed by atoms with Crippen molar-refractivity contribution in [2.24, 2.45) is 0 Å². The van der Waals surface area contributed by atoms with Crippen LogP contribution < -0.4 is 14.8 Å². The zero-order valence-corrected chi connectivity index (χ0v) is 12.9. The van der Waals surface area contributed by atoms with Crippen LogP contribution in [0.2, 0.25) is 0 Å². The van der Waals surface area contributed by atoms with Crippen LogP contribution in [0.3, 0.4) is 0 Å². The standard InChI is InChI=1S/C15H23F2NO3/c1-5-20-15(2,3)10-18-9-11-6-7-12(19-4)13(8-11)21-14(16)17/h6-8,14,18H,5,9-10H2,1-4H3. The van der Waals surface area contributed by atoms with Gasteiger partial charge in [0.15, 0.2) is 11.5 Å². The number of alkyl halides is 2. The summed E-state index contributed by atoms with van der Waals surface area (Å²) in [7, 11) is 1.41. The van der Waals surface area contributed by atoms with Gasteiger partial charge in [0.25, 0.3) is 0 Å². The van der Waals surface area contributed by atoms with Gasteiger partial charge in [0.2, 0.25) is 0 Å². The second-order valence-electron chi connectivity index (χ2n) is 5.16. The molecule has 1 aromatic carbocycles. The molecule has 0 heterocycles. The van der Waals surface area contributed by atoms with E-state index >= 15 is 0 Å². The van der Waals surface area contributed by atoms with Gasteiger partial charge in [-0.1, -0.05) is 6.07 Å². The number of rotatable bonds is 9. The lowest BCUT2D eigenvalue weighted by atomic mass is 10.1. The van der Waals surface area contributed by atoms with E-state index in [1.54, 1.807) is 18.2 Å². The van der Waals surface area contributed by atoms with Crippen molar-refractivity contribution in [3.05, 3.63) is 23.8 Å². The number of benzene rings is 1. The van der Waals surface area contributed by atoms with E-state index in [0.717, 1.165) is 5.56 Å². The molecule has 0 aliphatic heterocycles. The Morgan fingerprint density at radius 3 is 2.52 bits per heavy atom. The summed E-state index contributed by atoms with van der Waals surface area (Å²) in [5, 5.41) is 3.24. The summed E-state index contributed by atoms with van der Waals surface area (Å²) in [6.45, 7) is 4.87. The first-order valence-corrected chi connectivity index (χ1v) is 6.84. The maximum absolute atomic E-state index is 12.4. The molecule has 0 saturated carbocycles. The van der Waals surface area contributed by atoms with Crippen molar-refractivity contribution >= 4 is 0 Å². The van der Waals surface area contributed by atoms with E-state index in [-0.39, 0.29) is 17.1 Å². The first kappa shape index (κ1) is 17.7. The van der Waals surface area contributed by atoms with Crippen molar-refractivity contribution in [3.63, 3.8) is 0 Å². The summed E-state index contributed by atoms with van der Waals surface area (Å²) in [5.41, 5.74) is 0.558. The molecule has 120 valence electrons. The lowest BCUT2D eigenvalue weighted by molar-refractivity contribution is -0.0512. The van der Waals surface area contributed by atoms with E-state index in [0.29, 0.717) is 19.7 Å². The Balaban J connectivity index is 2.63. The normalized spacial score (nSPS) is 11.8. The number of methoxy groups -OCH3 is 1. The second kappa shape index (κ2) is 8.14. The van der Waals surface area contributed by atoms with Crippen LogP contribution in [0.5, 0.6) is 11.5 Å². The fraction of sp³-hybridized carbons (Fsp3) is 0.600. The highest BCUT2D eigenvalue weighted by atomic mass is 19.3. The fourth-order valence-corrected chi connectivity index (χ4v) is 1.97. The number of nitrogens with one attached hydrogen (secondary N) is 1. The summed E-state index contributed by atoms with van der Waals surface area (Å²) in [6.07, 6.45) is 0. The molecule has 0 amide bonds. The Labute approximate surface area is 124 Å². The molecule has 0 bridgehead atoms. The van der Waals surface area contributed by atoms with E-state index in [1.807, 2.05) is 20.8 Å². The minimum atomic E-state index is -2.88. The van der Waals surface area contributed by atoms with Gasteiger partial charge in [-0.2, -0.15) is 8.78 Å². The van der Waals surface area contributed by atoms with Crippen LogP contribution in [-0.2, 0) is 11.3 Å². The Hall–Kier alpha value is -1.40. The highest BCUT2D eigenvalue weighted by Gasteiger charge is 2.17. The fourth-order valence-electron chi connectivity index (χ4n) is 1.97. The van der Waals surface area contributed by atoms with E-state index in [4.69, 9.17) is 9.47 Å². The molecular weight excluding hydrogens is 280 g/mol. The third-order valence-electron chi connectivity index (χ3n) is 2.86. The van der Waals surface area contributed by atoms with Gasteiger partial charge < -0.3 is 19.5 Å². The van der Waals surface area contributed by atoms with Gasteiger partial charge in [-0.05, 0) is 38.5 Å². The van der Waals surface area contributed by atoms with Crippen molar-refractivity contribution in [2.45, 2.75) is 39.5 Å². The Morgan fingerprint density at radius 1 is 1.24 bits per heavy atom. The lowest BCUT2D eigenvalue weighted by Crippen LogP contribution is -2.37. The number of halogens is 2. The molecule has 0 unspecified atom stereocenters. The lowest BCUT2D eigenvalue weighted by Gasteiger charge is -2.25. The number of hydrogen-bond acceptors (Lipinski definition) is 4. The second-order valence-corrected chi connectivity index (χ2v) is 5.16. The molecule has 0 aromatic heterocycles. The van der Waals surface area contributed by atoms with E-state index < -0.39 is 6.61 Å². The van der Waals surface area contributed by atoms with Crippen LogP contribution in [-0.4, -0.2) is 32.5 Å². The topological polar surface area (TPSA) is 39.7 Å². The molecule has 0 aliphatic rings. The van der Waals surface area contributed by atoms with Crippen LogP contribution in [0.15, 0.2) is 18.2 Å². The van der Waals surface area contributed by atoms with Gasteiger partial charge in [-0.3, -0.25) is 0 Å². The monoisotopic (exact) mass is 303 g/mol. The predicted octanol–water partition coefficient (Wildman–Crippen LogP) is 3.20. The van der Waals surface area contributed by atoms with E-state index in [9.17, 15) is 8.78 Å². The first-order chi connectivity index (χ1) is 9.88. The van der Waals surface area contributed by atoms with Gasteiger partial charge in [-0.25, -0.2) is 0 Å². The van der Waals surface area contributed by atoms with Crippen LogP contribution in [0, 0.1) is 0 Å². The molecule has 0 spiro atoms. The molecule has 0 atom stereocenters. The smallest absolute Gasteiger partial charge is 0.387 e. The Morgan fingerprint density at radius 2 is 1.95 bits per heavy atom. The van der Waals surface area contributed by atoms with Crippen molar-refractivity contribution in [1.82, 2.24) is 5.32 Å². The van der Waals surface area contributed by atoms with Gasteiger partial charge in [0.05, 0.1) is 12.7 Å². The minimum Gasteiger partial charge on any atom is -0.493 e.